The molecule has 0 saturated heterocycles. The lowest BCUT2D eigenvalue weighted by molar-refractivity contribution is 0.103. The minimum Gasteiger partial charge on any atom is -0.388 e. The maximum Gasteiger partial charge on any atom is 0.127 e. The molecule has 3 heteroatoms. The van der Waals surface area contributed by atoms with Gasteiger partial charge in [-0.25, -0.2) is 4.39 Å². The summed E-state index contributed by atoms with van der Waals surface area (Å²) in [7, 11) is 0. The molecule has 90 valence electrons. The van der Waals surface area contributed by atoms with E-state index >= 15 is 0 Å². The maximum atomic E-state index is 13.2. The van der Waals surface area contributed by atoms with Crippen LogP contribution in [0.25, 0.3) is 0 Å². The average molecular weight is 245 g/mol. The van der Waals surface area contributed by atoms with Crippen molar-refractivity contribution in [1.29, 1.82) is 0 Å². The van der Waals surface area contributed by atoms with Crippen molar-refractivity contribution in [3.05, 3.63) is 34.1 Å². The zero-order valence-electron chi connectivity index (χ0n) is 9.93. The van der Waals surface area contributed by atoms with Crippen molar-refractivity contribution in [3.8, 4) is 0 Å². The molecular weight excluding hydrogens is 227 g/mol. The number of halogens is 2. The van der Waals surface area contributed by atoms with E-state index in [1.807, 2.05) is 13.8 Å². The van der Waals surface area contributed by atoms with Gasteiger partial charge in [-0.05, 0) is 36.1 Å². The van der Waals surface area contributed by atoms with Crippen LogP contribution in [0.3, 0.4) is 0 Å². The van der Waals surface area contributed by atoms with Gasteiger partial charge in [0.25, 0.3) is 0 Å². The van der Waals surface area contributed by atoms with E-state index in [0.29, 0.717) is 16.1 Å². The molecule has 0 spiro atoms. The third kappa shape index (κ3) is 2.74. The summed E-state index contributed by atoms with van der Waals surface area (Å²) in [6.45, 7) is 5.73. The zero-order valence-corrected chi connectivity index (χ0v) is 10.7. The second-order valence-electron chi connectivity index (χ2n) is 4.14. The van der Waals surface area contributed by atoms with Crippen molar-refractivity contribution >= 4 is 11.6 Å². The average Bonchev–Trinajstić information content (AvgIpc) is 2.25. The van der Waals surface area contributed by atoms with Gasteiger partial charge in [-0.15, -0.1) is 0 Å². The molecular formula is C13H18ClFO. The summed E-state index contributed by atoms with van der Waals surface area (Å²) < 4.78 is 13.2. The van der Waals surface area contributed by atoms with Crippen molar-refractivity contribution in [2.75, 3.05) is 0 Å². The summed E-state index contributed by atoms with van der Waals surface area (Å²) in [4.78, 5) is 0. The van der Waals surface area contributed by atoms with Gasteiger partial charge < -0.3 is 5.11 Å². The molecule has 0 aliphatic heterocycles. The van der Waals surface area contributed by atoms with Crippen molar-refractivity contribution in [1.82, 2.24) is 0 Å². The number of aryl methyl sites for hydroxylation is 1. The molecule has 0 heterocycles. The van der Waals surface area contributed by atoms with Gasteiger partial charge >= 0.3 is 0 Å². The topological polar surface area (TPSA) is 20.2 Å². The van der Waals surface area contributed by atoms with E-state index in [0.717, 1.165) is 12.8 Å². The highest BCUT2D eigenvalue weighted by molar-refractivity contribution is 6.31. The Hall–Kier alpha value is -0.600. The van der Waals surface area contributed by atoms with E-state index in [1.54, 1.807) is 13.0 Å². The van der Waals surface area contributed by atoms with Gasteiger partial charge in [-0.3, -0.25) is 0 Å². The molecule has 1 aromatic carbocycles. The van der Waals surface area contributed by atoms with E-state index in [4.69, 9.17) is 11.6 Å². The summed E-state index contributed by atoms with van der Waals surface area (Å²) in [6.07, 6.45) is 1.15. The zero-order chi connectivity index (χ0) is 12.3. The van der Waals surface area contributed by atoms with Crippen LogP contribution in [0.4, 0.5) is 4.39 Å². The molecule has 0 saturated carbocycles. The standard InChI is InChI=1S/C13H18ClFO/c1-4-9(5-2)13(16)10-6-8(3)12(15)7-11(10)14/h6-7,9,13,16H,4-5H2,1-3H3. The normalized spacial score (nSPS) is 13.2. The molecule has 1 atom stereocenters. The van der Waals surface area contributed by atoms with Crippen LogP contribution in [0.15, 0.2) is 12.1 Å². The van der Waals surface area contributed by atoms with Crippen LogP contribution >= 0.6 is 11.6 Å². The fraction of sp³-hybridized carbons (Fsp3) is 0.538. The first-order chi connectivity index (χ1) is 7.51. The van der Waals surface area contributed by atoms with Gasteiger partial charge in [-0.1, -0.05) is 38.3 Å². The van der Waals surface area contributed by atoms with Crippen molar-refractivity contribution in [2.45, 2.75) is 39.7 Å². The number of rotatable bonds is 4. The summed E-state index contributed by atoms with van der Waals surface area (Å²) >= 11 is 5.95. The lowest BCUT2D eigenvalue weighted by Crippen LogP contribution is -2.12. The number of benzene rings is 1. The molecule has 1 N–H and O–H groups in total. The van der Waals surface area contributed by atoms with Crippen LogP contribution in [-0.2, 0) is 0 Å². The molecule has 1 unspecified atom stereocenters. The van der Waals surface area contributed by atoms with Crippen LogP contribution in [0, 0.1) is 18.7 Å². The Morgan fingerprint density at radius 3 is 2.38 bits per heavy atom. The van der Waals surface area contributed by atoms with E-state index in [9.17, 15) is 9.50 Å². The minimum absolute atomic E-state index is 0.169. The highest BCUT2D eigenvalue weighted by Crippen LogP contribution is 2.33. The molecule has 1 nitrogen and oxygen atoms in total. The Labute approximate surface area is 101 Å². The van der Waals surface area contributed by atoms with Crippen molar-refractivity contribution in [2.24, 2.45) is 5.92 Å². The number of aliphatic hydroxyl groups is 1. The van der Waals surface area contributed by atoms with Crippen molar-refractivity contribution < 1.29 is 9.50 Å². The smallest absolute Gasteiger partial charge is 0.127 e. The highest BCUT2D eigenvalue weighted by atomic mass is 35.5. The lowest BCUT2D eigenvalue weighted by Gasteiger charge is -2.21. The lowest BCUT2D eigenvalue weighted by atomic mass is 9.90. The third-order valence-electron chi connectivity index (χ3n) is 3.09. The van der Waals surface area contributed by atoms with Crippen LogP contribution in [0.5, 0.6) is 0 Å². The van der Waals surface area contributed by atoms with E-state index in [1.165, 1.54) is 6.07 Å². The first-order valence-corrected chi connectivity index (χ1v) is 6.02. The monoisotopic (exact) mass is 244 g/mol. The minimum atomic E-state index is -0.609. The Balaban J connectivity index is 3.07. The van der Waals surface area contributed by atoms with Gasteiger partial charge in [0.1, 0.15) is 5.82 Å². The molecule has 0 aliphatic rings. The molecule has 0 radical (unpaired) electrons. The second-order valence-corrected chi connectivity index (χ2v) is 4.55. The Morgan fingerprint density at radius 1 is 1.31 bits per heavy atom. The highest BCUT2D eigenvalue weighted by Gasteiger charge is 2.20. The van der Waals surface area contributed by atoms with E-state index in [2.05, 4.69) is 0 Å². The summed E-state index contributed by atoms with van der Waals surface area (Å²) in [6, 6.07) is 2.92. The van der Waals surface area contributed by atoms with Gasteiger partial charge in [0, 0.05) is 5.02 Å². The van der Waals surface area contributed by atoms with Crippen LogP contribution in [0.2, 0.25) is 5.02 Å². The quantitative estimate of drug-likeness (QED) is 0.839. The maximum absolute atomic E-state index is 13.2. The van der Waals surface area contributed by atoms with Crippen molar-refractivity contribution in [3.63, 3.8) is 0 Å². The number of hydrogen-bond donors (Lipinski definition) is 1. The molecule has 16 heavy (non-hydrogen) atoms. The van der Waals surface area contributed by atoms with Gasteiger partial charge in [0.05, 0.1) is 6.10 Å². The fourth-order valence-electron chi connectivity index (χ4n) is 1.90. The molecule has 0 fully saturated rings. The molecule has 0 aliphatic carbocycles. The molecule has 1 rings (SSSR count). The number of hydrogen-bond acceptors (Lipinski definition) is 1. The predicted octanol–water partition coefficient (Wildman–Crippen LogP) is 4.26. The Morgan fingerprint density at radius 2 is 1.88 bits per heavy atom. The molecule has 0 aromatic heterocycles. The molecule has 0 amide bonds. The van der Waals surface area contributed by atoms with E-state index in [-0.39, 0.29) is 11.7 Å². The predicted molar refractivity (Wildman–Crippen MR) is 65.2 cm³/mol. The van der Waals surface area contributed by atoms with Gasteiger partial charge in [0.15, 0.2) is 0 Å². The number of aliphatic hydroxyl groups excluding tert-OH is 1. The third-order valence-corrected chi connectivity index (χ3v) is 3.42. The summed E-state index contributed by atoms with van der Waals surface area (Å²) in [5.74, 6) is -0.159. The fourth-order valence-corrected chi connectivity index (χ4v) is 2.16. The van der Waals surface area contributed by atoms with Crippen LogP contribution < -0.4 is 0 Å². The van der Waals surface area contributed by atoms with Crippen LogP contribution in [0.1, 0.15) is 43.9 Å². The van der Waals surface area contributed by atoms with Gasteiger partial charge in [-0.2, -0.15) is 0 Å². The first kappa shape index (κ1) is 13.5. The molecule has 0 bridgehead atoms. The SMILES string of the molecule is CCC(CC)C(O)c1cc(C)c(F)cc1Cl. The van der Waals surface area contributed by atoms with E-state index < -0.39 is 6.10 Å². The Bertz CT molecular complexity index is 361. The van der Waals surface area contributed by atoms with Crippen LogP contribution in [-0.4, -0.2) is 5.11 Å². The second kappa shape index (κ2) is 5.65. The largest absolute Gasteiger partial charge is 0.388 e. The summed E-state index contributed by atoms with van der Waals surface area (Å²) in [5, 5.41) is 10.5. The first-order valence-electron chi connectivity index (χ1n) is 5.64. The summed E-state index contributed by atoms with van der Waals surface area (Å²) in [5.41, 5.74) is 1.15. The Kier molecular flexibility index (Phi) is 4.75. The molecule has 1 aromatic rings. The van der Waals surface area contributed by atoms with Gasteiger partial charge in [0.2, 0.25) is 0 Å².